The average molecular weight is 281 g/mol. The Morgan fingerprint density at radius 1 is 1.40 bits per heavy atom. The highest BCUT2D eigenvalue weighted by molar-refractivity contribution is 5.79. The van der Waals surface area contributed by atoms with Gasteiger partial charge in [0.2, 0.25) is 0 Å². The topological polar surface area (TPSA) is 81.8 Å². The maximum atomic E-state index is 11.6. The van der Waals surface area contributed by atoms with Crippen molar-refractivity contribution in [2.75, 3.05) is 19.8 Å². The Balaban J connectivity index is 2.54. The summed E-state index contributed by atoms with van der Waals surface area (Å²) < 4.78 is 10.6. The number of hydrogen-bond donors (Lipinski definition) is 2. The Bertz CT molecular complexity index is 432. The van der Waals surface area contributed by atoms with Crippen molar-refractivity contribution in [3.8, 4) is 5.75 Å². The van der Waals surface area contributed by atoms with Crippen LogP contribution in [-0.4, -0.2) is 36.4 Å². The molecule has 0 aliphatic heterocycles. The number of carbonyl (C=O) groups is 1. The Labute approximate surface area is 119 Å². The van der Waals surface area contributed by atoms with Crippen LogP contribution in [0.3, 0.4) is 0 Å². The maximum absolute atomic E-state index is 11.6. The minimum atomic E-state index is -1.05. The molecule has 5 heteroatoms. The molecule has 0 fully saturated rings. The molecular weight excluding hydrogens is 258 g/mol. The number of esters is 1. The zero-order valence-electron chi connectivity index (χ0n) is 12.1. The number of nitrogens with two attached hydrogens (primary N) is 1. The van der Waals surface area contributed by atoms with Crippen LogP contribution in [0.1, 0.15) is 25.8 Å². The van der Waals surface area contributed by atoms with E-state index in [0.29, 0.717) is 31.8 Å². The summed E-state index contributed by atoms with van der Waals surface area (Å²) in [7, 11) is 0. The highest BCUT2D eigenvalue weighted by Gasteiger charge is 2.29. The molecule has 20 heavy (non-hydrogen) atoms. The second kappa shape index (κ2) is 7.87. The molecule has 112 valence electrons. The molecule has 0 saturated carbocycles. The summed E-state index contributed by atoms with van der Waals surface area (Å²) in [6.45, 7) is 4.07. The number of ether oxygens (including phenoxy) is 2. The van der Waals surface area contributed by atoms with Gasteiger partial charge in [-0.1, -0.05) is 18.2 Å². The minimum absolute atomic E-state index is 0.0673. The first-order valence-corrected chi connectivity index (χ1v) is 6.79. The minimum Gasteiger partial charge on any atom is -0.493 e. The van der Waals surface area contributed by atoms with Gasteiger partial charge in [-0.2, -0.15) is 0 Å². The summed E-state index contributed by atoms with van der Waals surface area (Å²) in [5.41, 5.74) is 5.79. The van der Waals surface area contributed by atoms with E-state index in [0.717, 1.165) is 5.56 Å². The van der Waals surface area contributed by atoms with E-state index in [-0.39, 0.29) is 6.61 Å². The molecule has 1 unspecified atom stereocenters. The second-order valence-corrected chi connectivity index (χ2v) is 4.82. The molecule has 0 heterocycles. The molecule has 1 rings (SSSR count). The van der Waals surface area contributed by atoms with Crippen LogP contribution in [0, 0.1) is 0 Å². The molecule has 3 N–H and O–H groups in total. The van der Waals surface area contributed by atoms with Crippen molar-refractivity contribution < 1.29 is 19.4 Å². The van der Waals surface area contributed by atoms with Crippen LogP contribution in [0.5, 0.6) is 5.75 Å². The first-order valence-electron chi connectivity index (χ1n) is 6.79. The quantitative estimate of drug-likeness (QED) is 0.701. The standard InChI is InChI=1S/C15H23NO4/c1-3-19-14(18)15(2,16)9-11-20-13-7-5-4-6-12(13)8-10-17/h4-7,17H,3,8-11,16H2,1-2H3. The lowest BCUT2D eigenvalue weighted by atomic mass is 10.0. The molecule has 0 spiro atoms. The molecule has 0 saturated heterocycles. The van der Waals surface area contributed by atoms with E-state index in [1.165, 1.54) is 0 Å². The molecule has 5 nitrogen and oxygen atoms in total. The maximum Gasteiger partial charge on any atom is 0.325 e. The van der Waals surface area contributed by atoms with E-state index >= 15 is 0 Å². The van der Waals surface area contributed by atoms with Crippen molar-refractivity contribution in [1.29, 1.82) is 0 Å². The van der Waals surface area contributed by atoms with E-state index in [4.69, 9.17) is 20.3 Å². The van der Waals surface area contributed by atoms with Crippen molar-refractivity contribution >= 4 is 5.97 Å². The fourth-order valence-electron chi connectivity index (χ4n) is 1.74. The Hall–Kier alpha value is -1.59. The van der Waals surface area contributed by atoms with Crippen LogP contribution in [0.4, 0.5) is 0 Å². The zero-order valence-corrected chi connectivity index (χ0v) is 12.1. The second-order valence-electron chi connectivity index (χ2n) is 4.82. The highest BCUT2D eigenvalue weighted by Crippen LogP contribution is 2.19. The van der Waals surface area contributed by atoms with Crippen LogP contribution in [0.2, 0.25) is 0 Å². The zero-order chi connectivity index (χ0) is 15.0. The first kappa shape index (κ1) is 16.5. The monoisotopic (exact) mass is 281 g/mol. The summed E-state index contributed by atoms with van der Waals surface area (Å²) in [6, 6.07) is 7.49. The van der Waals surface area contributed by atoms with Gasteiger partial charge in [0.25, 0.3) is 0 Å². The van der Waals surface area contributed by atoms with Gasteiger partial charge in [0.1, 0.15) is 11.3 Å². The molecule has 1 aromatic carbocycles. The largest absolute Gasteiger partial charge is 0.493 e. The molecule has 0 aliphatic rings. The number of para-hydroxylation sites is 1. The van der Waals surface area contributed by atoms with Gasteiger partial charge in [-0.3, -0.25) is 4.79 Å². The summed E-state index contributed by atoms with van der Waals surface area (Å²) >= 11 is 0. The van der Waals surface area contributed by atoms with Crippen LogP contribution in [0.15, 0.2) is 24.3 Å². The third-order valence-electron chi connectivity index (χ3n) is 2.97. The van der Waals surface area contributed by atoms with Crippen molar-refractivity contribution in [2.45, 2.75) is 32.2 Å². The molecule has 0 radical (unpaired) electrons. The Kier molecular flexibility index (Phi) is 6.48. The molecule has 0 amide bonds. The fourth-order valence-corrected chi connectivity index (χ4v) is 1.74. The number of benzene rings is 1. The van der Waals surface area contributed by atoms with E-state index in [9.17, 15) is 4.79 Å². The van der Waals surface area contributed by atoms with Gasteiger partial charge < -0.3 is 20.3 Å². The van der Waals surface area contributed by atoms with E-state index in [2.05, 4.69) is 0 Å². The molecule has 0 aliphatic carbocycles. The van der Waals surface area contributed by atoms with Crippen LogP contribution < -0.4 is 10.5 Å². The summed E-state index contributed by atoms with van der Waals surface area (Å²) in [5, 5.41) is 8.99. The molecule has 0 bridgehead atoms. The number of carbonyl (C=O) groups excluding carboxylic acids is 1. The lowest BCUT2D eigenvalue weighted by Crippen LogP contribution is -2.47. The summed E-state index contributed by atoms with van der Waals surface area (Å²) in [6.07, 6.45) is 0.896. The van der Waals surface area contributed by atoms with E-state index in [1.54, 1.807) is 13.8 Å². The third kappa shape index (κ3) is 4.83. The lowest BCUT2D eigenvalue weighted by molar-refractivity contribution is -0.149. The van der Waals surface area contributed by atoms with E-state index in [1.807, 2.05) is 24.3 Å². The predicted octanol–water partition coefficient (Wildman–Crippen LogP) is 1.27. The molecule has 1 atom stereocenters. The number of rotatable bonds is 8. The lowest BCUT2D eigenvalue weighted by Gasteiger charge is -2.22. The van der Waals surface area contributed by atoms with Gasteiger partial charge in [0, 0.05) is 13.0 Å². The van der Waals surface area contributed by atoms with Crippen molar-refractivity contribution in [1.82, 2.24) is 0 Å². The van der Waals surface area contributed by atoms with Crippen LogP contribution in [-0.2, 0) is 16.0 Å². The third-order valence-corrected chi connectivity index (χ3v) is 2.97. The summed E-state index contributed by atoms with van der Waals surface area (Å²) in [4.78, 5) is 11.6. The van der Waals surface area contributed by atoms with Crippen LogP contribution in [0.25, 0.3) is 0 Å². The smallest absolute Gasteiger partial charge is 0.325 e. The van der Waals surface area contributed by atoms with Gasteiger partial charge in [0.05, 0.1) is 13.2 Å². The van der Waals surface area contributed by atoms with Crippen molar-refractivity contribution in [3.05, 3.63) is 29.8 Å². The number of hydrogen-bond acceptors (Lipinski definition) is 5. The number of aliphatic hydroxyl groups excluding tert-OH is 1. The van der Waals surface area contributed by atoms with Crippen LogP contribution >= 0.6 is 0 Å². The van der Waals surface area contributed by atoms with Gasteiger partial charge in [0.15, 0.2) is 0 Å². The fraction of sp³-hybridized carbons (Fsp3) is 0.533. The molecule has 0 aromatic heterocycles. The SMILES string of the molecule is CCOC(=O)C(C)(N)CCOc1ccccc1CCO. The summed E-state index contributed by atoms with van der Waals surface area (Å²) in [5.74, 6) is 0.286. The highest BCUT2D eigenvalue weighted by atomic mass is 16.5. The Morgan fingerprint density at radius 2 is 2.10 bits per heavy atom. The van der Waals surface area contributed by atoms with E-state index < -0.39 is 11.5 Å². The van der Waals surface area contributed by atoms with Gasteiger partial charge in [-0.25, -0.2) is 0 Å². The van der Waals surface area contributed by atoms with Gasteiger partial charge in [-0.05, 0) is 31.9 Å². The molecular formula is C15H23NO4. The van der Waals surface area contributed by atoms with Gasteiger partial charge in [-0.15, -0.1) is 0 Å². The van der Waals surface area contributed by atoms with Crippen molar-refractivity contribution in [2.24, 2.45) is 5.73 Å². The average Bonchev–Trinajstić information content (AvgIpc) is 2.41. The number of aliphatic hydroxyl groups is 1. The van der Waals surface area contributed by atoms with Gasteiger partial charge >= 0.3 is 5.97 Å². The molecule has 1 aromatic rings. The van der Waals surface area contributed by atoms with Crippen molar-refractivity contribution in [3.63, 3.8) is 0 Å². The normalized spacial score (nSPS) is 13.6. The first-order chi connectivity index (χ1) is 9.51. The predicted molar refractivity (Wildman–Crippen MR) is 76.6 cm³/mol. The Morgan fingerprint density at radius 3 is 2.75 bits per heavy atom.